The fourth-order valence-corrected chi connectivity index (χ4v) is 1.71. The van der Waals surface area contributed by atoms with E-state index in [0.717, 1.165) is 22.5 Å². The Balaban J connectivity index is 2.91. The van der Waals surface area contributed by atoms with Crippen LogP contribution in [0.2, 0.25) is 0 Å². The number of aliphatic carboxylic acids is 1. The van der Waals surface area contributed by atoms with Crippen LogP contribution in [0.5, 0.6) is 5.75 Å². The molecule has 3 nitrogen and oxygen atoms in total. The van der Waals surface area contributed by atoms with Gasteiger partial charge in [0.15, 0.2) is 0 Å². The molecule has 0 saturated carbocycles. The van der Waals surface area contributed by atoms with E-state index in [1.165, 1.54) is 6.08 Å². The molecule has 0 bridgehead atoms. The third-order valence-electron chi connectivity index (χ3n) is 1.97. The van der Waals surface area contributed by atoms with Crippen molar-refractivity contribution < 1.29 is 14.6 Å². The topological polar surface area (TPSA) is 46.5 Å². The fraction of sp³-hybridized carbons (Fsp3) is 0.154. The second-order valence-corrected chi connectivity index (χ2v) is 4.11. The van der Waals surface area contributed by atoms with Crippen LogP contribution in [-0.2, 0) is 4.79 Å². The molecule has 0 atom stereocenters. The van der Waals surface area contributed by atoms with Gasteiger partial charge in [0.05, 0.1) is 11.1 Å². The average molecular weight is 297 g/mol. The van der Waals surface area contributed by atoms with Crippen LogP contribution >= 0.6 is 15.9 Å². The molecule has 1 aromatic carbocycles. The molecule has 1 rings (SSSR count). The van der Waals surface area contributed by atoms with Crippen molar-refractivity contribution in [2.24, 2.45) is 0 Å². The number of hydrogen-bond acceptors (Lipinski definition) is 2. The zero-order chi connectivity index (χ0) is 12.7. The summed E-state index contributed by atoms with van der Waals surface area (Å²) in [6, 6.07) is 5.47. The first kappa shape index (κ1) is 13.5. The lowest BCUT2D eigenvalue weighted by Crippen LogP contribution is -1.98. The lowest BCUT2D eigenvalue weighted by atomic mass is 10.2. The molecule has 0 spiro atoms. The second-order valence-electron chi connectivity index (χ2n) is 3.26. The van der Waals surface area contributed by atoms with Crippen molar-refractivity contribution in [2.75, 3.05) is 6.61 Å². The molecule has 90 valence electrons. The molecule has 0 unspecified atom stereocenters. The maximum atomic E-state index is 10.5. The first-order chi connectivity index (χ1) is 8.15. The van der Waals surface area contributed by atoms with Crippen molar-refractivity contribution in [3.8, 4) is 5.75 Å². The zero-order valence-corrected chi connectivity index (χ0v) is 10.8. The Morgan fingerprint density at radius 3 is 2.94 bits per heavy atom. The number of para-hydroxylation sites is 1. The Kier molecular flexibility index (Phi) is 5.49. The maximum absolute atomic E-state index is 10.5. The highest BCUT2D eigenvalue weighted by molar-refractivity contribution is 9.10. The van der Waals surface area contributed by atoms with Gasteiger partial charge in [0.2, 0.25) is 0 Å². The molecule has 0 fully saturated rings. The van der Waals surface area contributed by atoms with E-state index >= 15 is 0 Å². The number of carbonyl (C=O) groups is 1. The van der Waals surface area contributed by atoms with Gasteiger partial charge in [-0.2, -0.15) is 0 Å². The summed E-state index contributed by atoms with van der Waals surface area (Å²) >= 11 is 3.37. The molecule has 0 radical (unpaired) electrons. The Morgan fingerprint density at radius 2 is 2.29 bits per heavy atom. The Hall–Kier alpha value is -1.55. The van der Waals surface area contributed by atoms with Crippen LogP contribution in [0.15, 0.2) is 41.4 Å². The van der Waals surface area contributed by atoms with Crippen LogP contribution in [0, 0.1) is 0 Å². The van der Waals surface area contributed by atoms with Gasteiger partial charge in [-0.3, -0.25) is 0 Å². The first-order valence-electron chi connectivity index (χ1n) is 5.08. The second kappa shape index (κ2) is 6.91. The molecule has 0 amide bonds. The third-order valence-corrected chi connectivity index (χ3v) is 2.60. The van der Waals surface area contributed by atoms with Gasteiger partial charge in [-0.05, 0) is 34.5 Å². The highest BCUT2D eigenvalue weighted by Crippen LogP contribution is 2.30. The molecule has 0 heterocycles. The van der Waals surface area contributed by atoms with E-state index in [4.69, 9.17) is 9.84 Å². The molecule has 4 heteroatoms. The van der Waals surface area contributed by atoms with Gasteiger partial charge in [0.1, 0.15) is 5.75 Å². The minimum absolute atomic E-state index is 0.514. The lowest BCUT2D eigenvalue weighted by Gasteiger charge is -2.10. The van der Waals surface area contributed by atoms with Crippen LogP contribution in [-0.4, -0.2) is 17.7 Å². The summed E-state index contributed by atoms with van der Waals surface area (Å²) in [7, 11) is 0. The summed E-state index contributed by atoms with van der Waals surface area (Å²) in [4.78, 5) is 10.5. The monoisotopic (exact) mass is 296 g/mol. The molecule has 0 aromatic heterocycles. The van der Waals surface area contributed by atoms with Crippen molar-refractivity contribution in [1.29, 1.82) is 0 Å². The van der Waals surface area contributed by atoms with E-state index in [-0.39, 0.29) is 0 Å². The van der Waals surface area contributed by atoms with E-state index in [2.05, 4.69) is 22.5 Å². The smallest absolute Gasteiger partial charge is 0.328 e. The Labute approximate surface area is 109 Å². The van der Waals surface area contributed by atoms with E-state index in [9.17, 15) is 4.79 Å². The maximum Gasteiger partial charge on any atom is 0.328 e. The highest BCUT2D eigenvalue weighted by Gasteiger charge is 2.05. The van der Waals surface area contributed by atoms with Gasteiger partial charge in [-0.25, -0.2) is 4.79 Å². The molecule has 1 aromatic rings. The van der Waals surface area contributed by atoms with Gasteiger partial charge in [-0.1, -0.05) is 18.2 Å². The van der Waals surface area contributed by atoms with Gasteiger partial charge in [0, 0.05) is 11.6 Å². The van der Waals surface area contributed by atoms with Gasteiger partial charge >= 0.3 is 5.97 Å². The lowest BCUT2D eigenvalue weighted by molar-refractivity contribution is -0.131. The quantitative estimate of drug-likeness (QED) is 0.496. The van der Waals surface area contributed by atoms with Gasteiger partial charge in [-0.15, -0.1) is 6.58 Å². The number of carboxylic acids is 1. The van der Waals surface area contributed by atoms with Crippen molar-refractivity contribution in [3.63, 3.8) is 0 Å². The van der Waals surface area contributed by atoms with E-state index < -0.39 is 5.97 Å². The SMILES string of the molecule is C=CCCOc1c(Br)cccc1C=CC(=O)O. The highest BCUT2D eigenvalue weighted by atomic mass is 79.9. The largest absolute Gasteiger partial charge is 0.491 e. The minimum atomic E-state index is -0.984. The summed E-state index contributed by atoms with van der Waals surface area (Å²) < 4.78 is 6.38. The molecule has 17 heavy (non-hydrogen) atoms. The van der Waals surface area contributed by atoms with Crippen LogP contribution in [0.1, 0.15) is 12.0 Å². The van der Waals surface area contributed by atoms with E-state index in [1.54, 1.807) is 12.1 Å². The number of hydrogen-bond donors (Lipinski definition) is 1. The van der Waals surface area contributed by atoms with Crippen molar-refractivity contribution in [1.82, 2.24) is 0 Å². The Bertz CT molecular complexity index is 438. The number of rotatable bonds is 6. The van der Waals surface area contributed by atoms with Crippen molar-refractivity contribution in [2.45, 2.75) is 6.42 Å². The molecule has 0 aliphatic rings. The van der Waals surface area contributed by atoms with E-state index in [0.29, 0.717) is 12.4 Å². The number of benzene rings is 1. The predicted molar refractivity (Wildman–Crippen MR) is 71.1 cm³/mol. The standard InChI is InChI=1S/C13H13BrO3/c1-2-3-9-17-13-10(7-8-12(15)16)5-4-6-11(13)14/h2,4-8H,1,3,9H2,(H,15,16). The molecule has 0 aliphatic carbocycles. The number of ether oxygens (including phenoxy) is 1. The zero-order valence-electron chi connectivity index (χ0n) is 9.23. The molecular formula is C13H13BrO3. The van der Waals surface area contributed by atoms with Crippen LogP contribution in [0.25, 0.3) is 6.08 Å². The Morgan fingerprint density at radius 1 is 1.53 bits per heavy atom. The third kappa shape index (κ3) is 4.44. The van der Waals surface area contributed by atoms with E-state index in [1.807, 2.05) is 12.1 Å². The minimum Gasteiger partial charge on any atom is -0.491 e. The number of carboxylic acid groups (broad SMARTS) is 1. The summed E-state index contributed by atoms with van der Waals surface area (Å²) in [6.45, 7) is 4.13. The van der Waals surface area contributed by atoms with Crippen molar-refractivity contribution in [3.05, 3.63) is 47.0 Å². The molecule has 0 aliphatic heterocycles. The first-order valence-corrected chi connectivity index (χ1v) is 5.87. The normalized spacial score (nSPS) is 10.4. The average Bonchev–Trinajstić information content (AvgIpc) is 2.29. The molecule has 0 saturated heterocycles. The summed E-state index contributed by atoms with van der Waals surface area (Å²) in [5.74, 6) is -0.339. The van der Waals surface area contributed by atoms with Crippen LogP contribution in [0.4, 0.5) is 0 Å². The predicted octanol–water partition coefficient (Wildman–Crippen LogP) is 3.50. The summed E-state index contributed by atoms with van der Waals surface area (Å²) in [5, 5.41) is 8.60. The van der Waals surface area contributed by atoms with Crippen LogP contribution < -0.4 is 4.74 Å². The van der Waals surface area contributed by atoms with Crippen molar-refractivity contribution >= 4 is 28.0 Å². The number of halogens is 1. The van der Waals surface area contributed by atoms with Gasteiger partial charge < -0.3 is 9.84 Å². The fourth-order valence-electron chi connectivity index (χ4n) is 1.21. The summed E-state index contributed by atoms with van der Waals surface area (Å²) in [6.07, 6.45) is 5.10. The van der Waals surface area contributed by atoms with Gasteiger partial charge in [0.25, 0.3) is 0 Å². The van der Waals surface area contributed by atoms with Crippen LogP contribution in [0.3, 0.4) is 0 Å². The molecular weight excluding hydrogens is 284 g/mol. The summed E-state index contributed by atoms with van der Waals surface area (Å²) in [5.41, 5.74) is 0.728. The molecule has 1 N–H and O–H groups in total.